The lowest BCUT2D eigenvalue weighted by molar-refractivity contribution is -0.135. The monoisotopic (exact) mass is 453 g/mol. The third kappa shape index (κ3) is 7.30. The van der Waals surface area contributed by atoms with Gasteiger partial charge in [-0.2, -0.15) is 0 Å². The normalized spacial score (nSPS) is 15.6. The largest absolute Gasteiger partial charge is 0.408 e. The van der Waals surface area contributed by atoms with Crippen LogP contribution >= 0.6 is 0 Å². The highest BCUT2D eigenvalue weighted by atomic mass is 28.4. The number of hydrogen-bond acceptors (Lipinski definition) is 4. The van der Waals surface area contributed by atoms with Crippen LogP contribution in [0.5, 0.6) is 0 Å². The van der Waals surface area contributed by atoms with Gasteiger partial charge in [0.25, 0.3) is 5.91 Å². The molecule has 1 rings (SSSR count). The molecule has 0 radical (unpaired) electrons. The van der Waals surface area contributed by atoms with Gasteiger partial charge in [-0.05, 0) is 41.8 Å². The maximum Gasteiger partial charge on any atom is 0.250 e. The standard InChI is InChI=1S/C23H43NO4Si2/c1-22(2,3)29(7,8)27-19(17-25)20(28-30(9,10)23(4,5)6)21(26)24-16-18-14-12-11-13-15-18/h11-15,19-20,25H,16-17H2,1-10H3,(H,24,26)/t19-,20-/m0/s1. The number of rotatable bonds is 9. The summed E-state index contributed by atoms with van der Waals surface area (Å²) in [7, 11) is -4.49. The Kier molecular flexibility index (Phi) is 9.09. The lowest BCUT2D eigenvalue weighted by Crippen LogP contribution is -2.57. The van der Waals surface area contributed by atoms with E-state index in [1.807, 2.05) is 30.3 Å². The second-order valence-electron chi connectivity index (χ2n) is 11.1. The molecule has 0 fully saturated rings. The van der Waals surface area contributed by atoms with E-state index in [4.69, 9.17) is 8.85 Å². The quantitative estimate of drug-likeness (QED) is 0.512. The van der Waals surface area contributed by atoms with Gasteiger partial charge in [-0.1, -0.05) is 71.9 Å². The van der Waals surface area contributed by atoms with Crippen LogP contribution in [0.2, 0.25) is 36.3 Å². The number of nitrogens with one attached hydrogen (secondary N) is 1. The fourth-order valence-electron chi connectivity index (χ4n) is 2.43. The molecule has 1 amide bonds. The van der Waals surface area contributed by atoms with Crippen molar-refractivity contribution >= 4 is 22.5 Å². The predicted molar refractivity (Wildman–Crippen MR) is 130 cm³/mol. The zero-order valence-corrected chi connectivity index (χ0v) is 22.6. The zero-order valence-electron chi connectivity index (χ0n) is 20.6. The molecule has 0 unspecified atom stereocenters. The molecule has 172 valence electrons. The molecule has 0 aromatic heterocycles. The molecule has 0 saturated heterocycles. The highest BCUT2D eigenvalue weighted by molar-refractivity contribution is 6.74. The molecule has 2 atom stereocenters. The van der Waals surface area contributed by atoms with Crippen molar-refractivity contribution in [3.05, 3.63) is 35.9 Å². The van der Waals surface area contributed by atoms with E-state index in [0.29, 0.717) is 6.54 Å². The Morgan fingerprint density at radius 1 is 0.933 bits per heavy atom. The van der Waals surface area contributed by atoms with Crippen molar-refractivity contribution in [2.75, 3.05) is 6.61 Å². The third-order valence-electron chi connectivity index (χ3n) is 6.57. The summed E-state index contributed by atoms with van der Waals surface area (Å²) in [6.45, 7) is 21.5. The first-order valence-corrected chi connectivity index (χ1v) is 16.6. The van der Waals surface area contributed by atoms with Crippen LogP contribution in [0.25, 0.3) is 0 Å². The highest BCUT2D eigenvalue weighted by Gasteiger charge is 2.46. The Labute approximate surface area is 185 Å². The molecule has 2 N–H and O–H groups in total. The number of amides is 1. The molecular weight excluding hydrogens is 410 g/mol. The number of carbonyl (C=O) groups excluding carboxylic acids is 1. The van der Waals surface area contributed by atoms with Crippen LogP contribution in [-0.4, -0.2) is 46.5 Å². The number of carbonyl (C=O) groups is 1. The average molecular weight is 454 g/mol. The van der Waals surface area contributed by atoms with Gasteiger partial charge < -0.3 is 19.3 Å². The van der Waals surface area contributed by atoms with Crippen LogP contribution in [-0.2, 0) is 20.2 Å². The smallest absolute Gasteiger partial charge is 0.250 e. The SMILES string of the molecule is CC(C)(C)[Si](C)(C)O[C@@H](CO)[C@H](O[Si](C)(C)C(C)(C)C)C(=O)NCc1ccccc1. The van der Waals surface area contributed by atoms with Crippen molar-refractivity contribution in [3.8, 4) is 0 Å². The number of aliphatic hydroxyl groups is 1. The van der Waals surface area contributed by atoms with Crippen molar-refractivity contribution in [3.63, 3.8) is 0 Å². The number of hydrogen-bond donors (Lipinski definition) is 2. The summed E-state index contributed by atoms with van der Waals surface area (Å²) in [6, 6.07) is 9.78. The van der Waals surface area contributed by atoms with Crippen LogP contribution in [0.1, 0.15) is 47.1 Å². The Bertz CT molecular complexity index is 679. The van der Waals surface area contributed by atoms with Crippen molar-refractivity contribution in [1.29, 1.82) is 0 Å². The summed E-state index contributed by atoms with van der Waals surface area (Å²) in [5, 5.41) is 13.1. The van der Waals surface area contributed by atoms with E-state index in [1.54, 1.807) is 0 Å². The first-order chi connectivity index (χ1) is 13.5. The first kappa shape index (κ1) is 27.0. The van der Waals surface area contributed by atoms with E-state index in [2.05, 4.69) is 73.0 Å². The maximum atomic E-state index is 13.3. The molecule has 0 aliphatic rings. The van der Waals surface area contributed by atoms with Crippen LogP contribution in [0, 0.1) is 0 Å². The second-order valence-corrected chi connectivity index (χ2v) is 20.6. The van der Waals surface area contributed by atoms with Crippen molar-refractivity contribution < 1.29 is 18.8 Å². The summed E-state index contributed by atoms with van der Waals surface area (Å²) in [4.78, 5) is 13.3. The van der Waals surface area contributed by atoms with E-state index in [-0.39, 0.29) is 22.6 Å². The number of benzene rings is 1. The molecule has 1 aromatic carbocycles. The summed E-state index contributed by atoms with van der Waals surface area (Å²) >= 11 is 0. The van der Waals surface area contributed by atoms with Gasteiger partial charge in [0.1, 0.15) is 6.10 Å². The zero-order chi connectivity index (χ0) is 23.4. The average Bonchev–Trinajstić information content (AvgIpc) is 2.61. The molecule has 0 bridgehead atoms. The molecule has 7 heteroatoms. The fourth-order valence-corrected chi connectivity index (χ4v) is 4.98. The summed E-state index contributed by atoms with van der Waals surface area (Å²) < 4.78 is 13.0. The van der Waals surface area contributed by atoms with Gasteiger partial charge in [0.2, 0.25) is 0 Å². The van der Waals surface area contributed by atoms with Crippen molar-refractivity contribution in [1.82, 2.24) is 5.32 Å². The van der Waals surface area contributed by atoms with Crippen molar-refractivity contribution in [2.45, 2.75) is 96.6 Å². The van der Waals surface area contributed by atoms with E-state index in [0.717, 1.165) is 5.56 Å². The number of aliphatic hydroxyl groups excluding tert-OH is 1. The van der Waals surface area contributed by atoms with Gasteiger partial charge in [0.05, 0.1) is 6.61 Å². The van der Waals surface area contributed by atoms with Gasteiger partial charge in [-0.25, -0.2) is 0 Å². The first-order valence-electron chi connectivity index (χ1n) is 10.8. The molecule has 0 heterocycles. The molecule has 5 nitrogen and oxygen atoms in total. The molecule has 0 spiro atoms. The minimum Gasteiger partial charge on any atom is -0.408 e. The Morgan fingerprint density at radius 2 is 1.40 bits per heavy atom. The van der Waals surface area contributed by atoms with Crippen molar-refractivity contribution in [2.24, 2.45) is 0 Å². The van der Waals surface area contributed by atoms with Gasteiger partial charge in [-0.15, -0.1) is 0 Å². The summed E-state index contributed by atoms with van der Waals surface area (Å²) in [6.07, 6.45) is -1.55. The van der Waals surface area contributed by atoms with E-state index >= 15 is 0 Å². The summed E-state index contributed by atoms with van der Waals surface area (Å²) in [5.41, 5.74) is 1.02. The molecule has 30 heavy (non-hydrogen) atoms. The van der Waals surface area contributed by atoms with E-state index < -0.39 is 28.8 Å². The Morgan fingerprint density at radius 3 is 1.83 bits per heavy atom. The van der Waals surface area contributed by atoms with Crippen LogP contribution < -0.4 is 5.32 Å². The van der Waals surface area contributed by atoms with E-state index in [9.17, 15) is 9.90 Å². The van der Waals surface area contributed by atoms with Gasteiger partial charge in [-0.3, -0.25) is 4.79 Å². The fraction of sp³-hybridized carbons (Fsp3) is 0.696. The minimum absolute atomic E-state index is 0.0392. The van der Waals surface area contributed by atoms with Crippen LogP contribution in [0.3, 0.4) is 0 Å². The lowest BCUT2D eigenvalue weighted by Gasteiger charge is -2.44. The van der Waals surface area contributed by atoms with Gasteiger partial charge in [0, 0.05) is 6.54 Å². The molecule has 0 saturated carbocycles. The Hall–Kier alpha value is -0.996. The second kappa shape index (κ2) is 10.1. The molecule has 0 aliphatic heterocycles. The molecule has 0 aliphatic carbocycles. The Balaban J connectivity index is 3.15. The van der Waals surface area contributed by atoms with Crippen LogP contribution in [0.4, 0.5) is 0 Å². The maximum absolute atomic E-state index is 13.3. The lowest BCUT2D eigenvalue weighted by atomic mass is 10.2. The highest BCUT2D eigenvalue weighted by Crippen LogP contribution is 2.40. The topological polar surface area (TPSA) is 67.8 Å². The molecule has 1 aromatic rings. The van der Waals surface area contributed by atoms with Gasteiger partial charge in [0.15, 0.2) is 22.7 Å². The predicted octanol–water partition coefficient (Wildman–Crippen LogP) is 5.08. The minimum atomic E-state index is -2.28. The van der Waals surface area contributed by atoms with Gasteiger partial charge >= 0.3 is 0 Å². The third-order valence-corrected chi connectivity index (χ3v) is 15.5. The summed E-state index contributed by atoms with van der Waals surface area (Å²) in [5.74, 6) is -0.235. The molecular formula is C23H43NO4Si2. The van der Waals surface area contributed by atoms with E-state index in [1.165, 1.54) is 0 Å². The van der Waals surface area contributed by atoms with Crippen LogP contribution in [0.15, 0.2) is 30.3 Å².